The van der Waals surface area contributed by atoms with Gasteiger partial charge in [0, 0.05) is 0 Å². The van der Waals surface area contributed by atoms with Gasteiger partial charge in [0.15, 0.2) is 0 Å². The van der Waals surface area contributed by atoms with Crippen molar-refractivity contribution >= 4 is 18.9 Å². The van der Waals surface area contributed by atoms with Gasteiger partial charge in [0.25, 0.3) is 0 Å². The van der Waals surface area contributed by atoms with Gasteiger partial charge in [-0.25, -0.2) is 0 Å². The summed E-state index contributed by atoms with van der Waals surface area (Å²) in [5.41, 5.74) is 1.34. The molecule has 1 fully saturated rings. The normalized spacial score (nSPS) is 19.4. The second-order valence-electron chi connectivity index (χ2n) is 5.42. The summed E-state index contributed by atoms with van der Waals surface area (Å²) in [6.45, 7) is 2.19. The van der Waals surface area contributed by atoms with E-state index in [4.69, 9.17) is 9.31 Å². The Kier molecular flexibility index (Phi) is 4.61. The van der Waals surface area contributed by atoms with Gasteiger partial charge in [-0.3, -0.25) is 0 Å². The Morgan fingerprint density at radius 3 is 2.45 bits per heavy atom. The van der Waals surface area contributed by atoms with E-state index in [9.17, 15) is 0 Å². The van der Waals surface area contributed by atoms with Gasteiger partial charge in [0.05, 0.1) is 0 Å². The minimum atomic E-state index is -0.213. The van der Waals surface area contributed by atoms with E-state index in [1.54, 1.807) is 0 Å². The van der Waals surface area contributed by atoms with E-state index < -0.39 is 0 Å². The molecular formula is C16H21BO2S. The Hall–Kier alpha value is -1.03. The van der Waals surface area contributed by atoms with Crippen molar-refractivity contribution in [1.29, 1.82) is 0 Å². The number of hydrogen-bond acceptors (Lipinski definition) is 3. The molecule has 2 nitrogen and oxygen atoms in total. The third-order valence-electron chi connectivity index (χ3n) is 4.05. The first-order chi connectivity index (χ1) is 9.88. The third kappa shape index (κ3) is 3.00. The second kappa shape index (κ2) is 6.62. The van der Waals surface area contributed by atoms with Crippen molar-refractivity contribution in [2.75, 3.05) is 5.75 Å². The molecule has 1 aromatic carbocycles. The van der Waals surface area contributed by atoms with Crippen LogP contribution < -0.4 is 9.31 Å². The van der Waals surface area contributed by atoms with Crippen LogP contribution in [0.1, 0.15) is 39.0 Å². The molecule has 0 atom stereocenters. The van der Waals surface area contributed by atoms with Gasteiger partial charge in [-0.1, -0.05) is 38.3 Å². The lowest BCUT2D eigenvalue weighted by molar-refractivity contribution is 0.397. The Labute approximate surface area is 126 Å². The van der Waals surface area contributed by atoms with Crippen LogP contribution in [0.15, 0.2) is 35.1 Å². The summed E-state index contributed by atoms with van der Waals surface area (Å²) in [5, 5.41) is 2.28. The number of para-hydroxylation sites is 2. The quantitative estimate of drug-likeness (QED) is 0.748. The van der Waals surface area contributed by atoms with Crippen LogP contribution in [-0.2, 0) is 0 Å². The molecule has 0 unspecified atom stereocenters. The van der Waals surface area contributed by atoms with Gasteiger partial charge in [0.1, 0.15) is 11.5 Å². The van der Waals surface area contributed by atoms with Gasteiger partial charge >= 0.3 is 7.12 Å². The van der Waals surface area contributed by atoms with Gasteiger partial charge in [0.2, 0.25) is 0 Å². The zero-order chi connectivity index (χ0) is 13.8. The zero-order valence-corrected chi connectivity index (χ0v) is 12.8. The van der Waals surface area contributed by atoms with Crippen LogP contribution in [0.2, 0.25) is 0 Å². The molecule has 1 aliphatic heterocycles. The lowest BCUT2D eigenvalue weighted by atomic mass is 9.67. The highest BCUT2D eigenvalue weighted by atomic mass is 32.2. The predicted octanol–water partition coefficient (Wildman–Crippen LogP) is 4.70. The van der Waals surface area contributed by atoms with E-state index >= 15 is 0 Å². The number of allylic oxidation sites excluding steroid dienone is 1. The highest BCUT2D eigenvalue weighted by Crippen LogP contribution is 2.39. The van der Waals surface area contributed by atoms with Crippen molar-refractivity contribution in [3.05, 3.63) is 35.1 Å². The van der Waals surface area contributed by atoms with Crippen LogP contribution >= 0.6 is 11.8 Å². The maximum atomic E-state index is 6.02. The lowest BCUT2D eigenvalue weighted by Gasteiger charge is -2.24. The molecular weight excluding hydrogens is 267 g/mol. The molecule has 0 spiro atoms. The number of fused-ring (bicyclic) bond motifs is 1. The molecule has 1 heterocycles. The second-order valence-corrected chi connectivity index (χ2v) is 6.57. The first-order valence-electron chi connectivity index (χ1n) is 7.62. The highest BCUT2D eigenvalue weighted by molar-refractivity contribution is 8.02. The van der Waals surface area contributed by atoms with E-state index in [2.05, 4.69) is 12.3 Å². The Morgan fingerprint density at radius 2 is 1.85 bits per heavy atom. The largest absolute Gasteiger partial charge is 0.629 e. The monoisotopic (exact) mass is 288 g/mol. The van der Waals surface area contributed by atoms with Crippen molar-refractivity contribution < 1.29 is 9.31 Å². The molecule has 1 aromatic rings. The van der Waals surface area contributed by atoms with E-state index in [0.29, 0.717) is 5.92 Å². The van der Waals surface area contributed by atoms with Crippen LogP contribution in [-0.4, -0.2) is 12.9 Å². The smallest absolute Gasteiger partial charge is 0.519 e. The molecule has 106 valence electrons. The van der Waals surface area contributed by atoms with Gasteiger partial charge in [-0.05, 0) is 47.5 Å². The molecule has 0 N–H and O–H groups in total. The van der Waals surface area contributed by atoms with E-state index in [1.165, 1.54) is 37.6 Å². The van der Waals surface area contributed by atoms with Crippen molar-refractivity contribution in [2.45, 2.75) is 39.0 Å². The fraction of sp³-hybridized carbons (Fsp3) is 0.500. The van der Waals surface area contributed by atoms with Crippen molar-refractivity contribution in [3.63, 3.8) is 0 Å². The SMILES string of the molecule is CCS/C=C(/B1Oc2ccccc2O1)C1CCCCC1. The Morgan fingerprint density at radius 1 is 1.20 bits per heavy atom. The summed E-state index contributed by atoms with van der Waals surface area (Å²) >= 11 is 1.85. The van der Waals surface area contributed by atoms with Crippen molar-refractivity contribution in [1.82, 2.24) is 0 Å². The first-order valence-corrected chi connectivity index (χ1v) is 8.67. The molecule has 3 rings (SSSR count). The average molecular weight is 288 g/mol. The number of hydrogen-bond donors (Lipinski definition) is 0. The van der Waals surface area contributed by atoms with Gasteiger partial charge in [-0.15, -0.1) is 11.8 Å². The van der Waals surface area contributed by atoms with Crippen LogP contribution in [0.5, 0.6) is 11.5 Å². The lowest BCUT2D eigenvalue weighted by Crippen LogP contribution is -2.32. The van der Waals surface area contributed by atoms with E-state index in [0.717, 1.165) is 17.3 Å². The van der Waals surface area contributed by atoms with Crippen LogP contribution in [0.3, 0.4) is 0 Å². The summed E-state index contributed by atoms with van der Waals surface area (Å²) in [5.74, 6) is 3.47. The summed E-state index contributed by atoms with van der Waals surface area (Å²) in [4.78, 5) is 0. The highest BCUT2D eigenvalue weighted by Gasteiger charge is 2.39. The third-order valence-corrected chi connectivity index (χ3v) is 4.82. The maximum Gasteiger partial charge on any atom is 0.629 e. The van der Waals surface area contributed by atoms with E-state index in [-0.39, 0.29) is 7.12 Å². The number of benzene rings is 1. The molecule has 0 bridgehead atoms. The number of thioether (sulfide) groups is 1. The molecule has 2 aliphatic rings. The van der Waals surface area contributed by atoms with Crippen molar-refractivity contribution in [3.8, 4) is 11.5 Å². The maximum absolute atomic E-state index is 6.02. The molecule has 1 aliphatic carbocycles. The summed E-state index contributed by atoms with van der Waals surface area (Å²) in [7, 11) is -0.213. The first kappa shape index (κ1) is 13.9. The zero-order valence-electron chi connectivity index (χ0n) is 12.0. The fourth-order valence-electron chi connectivity index (χ4n) is 3.00. The molecule has 0 amide bonds. The van der Waals surface area contributed by atoms with Crippen LogP contribution in [0, 0.1) is 5.92 Å². The molecule has 20 heavy (non-hydrogen) atoms. The van der Waals surface area contributed by atoms with Gasteiger partial charge < -0.3 is 9.31 Å². The summed E-state index contributed by atoms with van der Waals surface area (Å²) < 4.78 is 12.0. The topological polar surface area (TPSA) is 18.5 Å². The standard InChI is InChI=1S/C16H21BO2S/c1-2-20-12-14(13-8-4-3-5-9-13)17-18-15-10-6-7-11-16(15)19-17/h6-7,10-13H,2-5,8-9H2,1H3/b14-12+. The minimum Gasteiger partial charge on any atom is -0.519 e. The Balaban J connectivity index is 1.77. The molecule has 0 saturated heterocycles. The summed E-state index contributed by atoms with van der Waals surface area (Å²) in [6, 6.07) is 7.96. The number of rotatable bonds is 4. The molecule has 4 heteroatoms. The van der Waals surface area contributed by atoms with Crippen LogP contribution in [0.25, 0.3) is 0 Å². The minimum absolute atomic E-state index is 0.213. The molecule has 1 saturated carbocycles. The van der Waals surface area contributed by atoms with Crippen molar-refractivity contribution in [2.24, 2.45) is 5.92 Å². The van der Waals surface area contributed by atoms with Crippen LogP contribution in [0.4, 0.5) is 0 Å². The molecule has 0 radical (unpaired) electrons. The summed E-state index contributed by atoms with van der Waals surface area (Å²) in [6.07, 6.45) is 6.58. The Bertz CT molecular complexity index is 458. The average Bonchev–Trinajstić information content (AvgIpc) is 2.92. The molecule has 0 aromatic heterocycles. The fourth-order valence-corrected chi connectivity index (χ4v) is 3.66. The predicted molar refractivity (Wildman–Crippen MR) is 86.2 cm³/mol. The van der Waals surface area contributed by atoms with Gasteiger partial charge in [-0.2, -0.15) is 0 Å². The van der Waals surface area contributed by atoms with E-state index in [1.807, 2.05) is 36.0 Å².